The van der Waals surface area contributed by atoms with Gasteiger partial charge in [-0.3, -0.25) is 9.69 Å². The number of nitrogens with one attached hydrogen (secondary N) is 3. The lowest BCUT2D eigenvalue weighted by Gasteiger charge is -2.19. The molecule has 4 N–H and O–H groups in total. The summed E-state index contributed by atoms with van der Waals surface area (Å²) in [4.78, 5) is 21.7. The maximum atomic E-state index is 14.3. The molecule has 1 aliphatic heterocycles. The number of likely N-dealkylation sites (tertiary alicyclic amines) is 1. The molecular formula is C25H27FN6O3. The highest BCUT2D eigenvalue weighted by atomic mass is 19.1. The van der Waals surface area contributed by atoms with Crippen molar-refractivity contribution in [3.8, 4) is 5.75 Å². The Kier molecular flexibility index (Phi) is 7.86. The second-order valence-electron chi connectivity index (χ2n) is 7.95. The summed E-state index contributed by atoms with van der Waals surface area (Å²) in [5.41, 5.74) is 1.78. The van der Waals surface area contributed by atoms with Crippen molar-refractivity contribution in [1.82, 2.24) is 14.9 Å². The predicted octanol–water partition coefficient (Wildman–Crippen LogP) is 4.02. The van der Waals surface area contributed by atoms with E-state index < -0.39 is 5.82 Å². The summed E-state index contributed by atoms with van der Waals surface area (Å²) >= 11 is 0. The summed E-state index contributed by atoms with van der Waals surface area (Å²) in [5, 5.41) is 18.4. The summed E-state index contributed by atoms with van der Waals surface area (Å²) in [5.74, 6) is -0.0675. The molecule has 0 spiro atoms. The molecule has 1 saturated heterocycles. The molecule has 9 nitrogen and oxygen atoms in total. The number of aliphatic hydroxyl groups is 1. The Balaban J connectivity index is 1.35. The predicted molar refractivity (Wildman–Crippen MR) is 133 cm³/mol. The molecule has 1 amide bonds. The van der Waals surface area contributed by atoms with Crippen LogP contribution in [0, 0.1) is 5.82 Å². The molecule has 2 heterocycles. The second kappa shape index (κ2) is 11.4. The van der Waals surface area contributed by atoms with Crippen molar-refractivity contribution in [2.45, 2.75) is 19.1 Å². The van der Waals surface area contributed by atoms with Crippen LogP contribution in [0.1, 0.15) is 12.8 Å². The third kappa shape index (κ3) is 6.75. The number of nitrogens with zero attached hydrogens (tertiary/aromatic N) is 3. The average molecular weight is 479 g/mol. The SMILES string of the molecule is C=CC(=O)Nc1cccc(Nc2nc(Nc3ccc(OCCN4CCCC4O)cc3)ncc2F)c1. The Morgan fingerprint density at radius 1 is 1.20 bits per heavy atom. The van der Waals surface area contributed by atoms with E-state index in [4.69, 9.17) is 4.74 Å². The lowest BCUT2D eigenvalue weighted by Crippen LogP contribution is -2.32. The number of ether oxygens (including phenoxy) is 1. The summed E-state index contributed by atoms with van der Waals surface area (Å²) in [6.07, 6.45) is 3.68. The van der Waals surface area contributed by atoms with E-state index in [1.165, 1.54) is 6.08 Å². The van der Waals surface area contributed by atoms with Gasteiger partial charge in [0.05, 0.1) is 6.20 Å². The third-order valence-corrected chi connectivity index (χ3v) is 5.41. The van der Waals surface area contributed by atoms with Gasteiger partial charge in [-0.1, -0.05) is 12.6 Å². The molecule has 1 fully saturated rings. The van der Waals surface area contributed by atoms with Gasteiger partial charge in [-0.15, -0.1) is 0 Å². The summed E-state index contributed by atoms with van der Waals surface area (Å²) in [6.45, 7) is 5.46. The number of carbonyl (C=O) groups excluding carboxylic acids is 1. The number of aromatic nitrogens is 2. The van der Waals surface area contributed by atoms with Gasteiger partial charge in [-0.05, 0) is 61.4 Å². The second-order valence-corrected chi connectivity index (χ2v) is 7.95. The normalized spacial score (nSPS) is 15.4. The van der Waals surface area contributed by atoms with E-state index >= 15 is 0 Å². The monoisotopic (exact) mass is 478 g/mol. The minimum absolute atomic E-state index is 0.0150. The van der Waals surface area contributed by atoms with Crippen LogP contribution in [0.15, 0.2) is 67.4 Å². The number of carbonyl (C=O) groups is 1. The van der Waals surface area contributed by atoms with Crippen LogP contribution in [0.3, 0.4) is 0 Å². The van der Waals surface area contributed by atoms with Crippen LogP contribution in [0.25, 0.3) is 0 Å². The molecule has 0 radical (unpaired) electrons. The number of aliphatic hydroxyl groups excluding tert-OH is 1. The smallest absolute Gasteiger partial charge is 0.247 e. The standard InChI is InChI=1S/C25H27FN6O3/c1-2-22(33)28-18-5-3-6-19(15-18)29-24-21(26)16-27-25(31-24)30-17-8-10-20(11-9-17)35-14-13-32-12-4-7-23(32)34/h2-3,5-6,8-11,15-16,23,34H,1,4,7,12-14H2,(H,28,33)(H2,27,29,30,31). The quantitative estimate of drug-likeness (QED) is 0.323. The van der Waals surface area contributed by atoms with E-state index in [-0.39, 0.29) is 23.9 Å². The Morgan fingerprint density at radius 3 is 2.74 bits per heavy atom. The fraction of sp³-hybridized carbons (Fsp3) is 0.240. The molecule has 1 aliphatic rings. The Hall–Kier alpha value is -4.02. The van der Waals surface area contributed by atoms with Gasteiger partial charge >= 0.3 is 0 Å². The zero-order chi connectivity index (χ0) is 24.6. The fourth-order valence-corrected chi connectivity index (χ4v) is 3.63. The first kappa shape index (κ1) is 24.1. The Morgan fingerprint density at radius 2 is 2.00 bits per heavy atom. The molecule has 10 heteroatoms. The zero-order valence-electron chi connectivity index (χ0n) is 19.1. The van der Waals surface area contributed by atoms with Crippen molar-refractivity contribution in [2.75, 3.05) is 35.6 Å². The zero-order valence-corrected chi connectivity index (χ0v) is 19.1. The van der Waals surface area contributed by atoms with Gasteiger partial charge in [0.1, 0.15) is 18.6 Å². The molecule has 0 saturated carbocycles. The Bertz CT molecular complexity index is 1170. The first-order valence-electron chi connectivity index (χ1n) is 11.3. The number of amides is 1. The van der Waals surface area contributed by atoms with E-state index in [1.54, 1.807) is 24.3 Å². The fourth-order valence-electron chi connectivity index (χ4n) is 3.63. The largest absolute Gasteiger partial charge is 0.492 e. The van der Waals surface area contributed by atoms with Crippen molar-refractivity contribution >= 4 is 34.7 Å². The van der Waals surface area contributed by atoms with E-state index in [2.05, 4.69) is 32.5 Å². The summed E-state index contributed by atoms with van der Waals surface area (Å²) in [6, 6.07) is 14.1. The number of hydrogen-bond donors (Lipinski definition) is 4. The van der Waals surface area contributed by atoms with E-state index in [9.17, 15) is 14.3 Å². The number of halogens is 1. The lowest BCUT2D eigenvalue weighted by atomic mass is 10.2. The highest BCUT2D eigenvalue weighted by molar-refractivity contribution is 5.99. The minimum Gasteiger partial charge on any atom is -0.492 e. The molecule has 1 unspecified atom stereocenters. The van der Waals surface area contributed by atoms with Crippen LogP contribution in [-0.4, -0.2) is 51.8 Å². The van der Waals surface area contributed by atoms with Gasteiger partial charge < -0.3 is 25.8 Å². The van der Waals surface area contributed by atoms with Gasteiger partial charge in [0.15, 0.2) is 11.6 Å². The van der Waals surface area contributed by atoms with Gasteiger partial charge in [0.2, 0.25) is 11.9 Å². The topological polar surface area (TPSA) is 112 Å². The molecule has 4 rings (SSSR count). The molecule has 35 heavy (non-hydrogen) atoms. The van der Waals surface area contributed by atoms with Crippen molar-refractivity contribution < 1.29 is 19.0 Å². The highest BCUT2D eigenvalue weighted by Crippen LogP contribution is 2.24. The molecule has 1 aromatic heterocycles. The van der Waals surface area contributed by atoms with E-state index in [0.29, 0.717) is 36.0 Å². The van der Waals surface area contributed by atoms with Crippen molar-refractivity contribution in [2.24, 2.45) is 0 Å². The molecule has 0 aliphatic carbocycles. The average Bonchev–Trinajstić information content (AvgIpc) is 3.27. The van der Waals surface area contributed by atoms with Gasteiger partial charge in [0.25, 0.3) is 0 Å². The first-order valence-corrected chi connectivity index (χ1v) is 11.3. The first-order chi connectivity index (χ1) is 17.0. The van der Waals surface area contributed by atoms with Crippen LogP contribution in [0.5, 0.6) is 5.75 Å². The van der Waals surface area contributed by atoms with Crippen molar-refractivity contribution in [1.29, 1.82) is 0 Å². The number of benzene rings is 2. The maximum Gasteiger partial charge on any atom is 0.247 e. The summed E-state index contributed by atoms with van der Waals surface area (Å²) < 4.78 is 20.1. The minimum atomic E-state index is -0.622. The van der Waals surface area contributed by atoms with Gasteiger partial charge in [-0.25, -0.2) is 9.37 Å². The highest BCUT2D eigenvalue weighted by Gasteiger charge is 2.21. The molecule has 0 bridgehead atoms. The van der Waals surface area contributed by atoms with E-state index in [1.807, 2.05) is 29.2 Å². The maximum absolute atomic E-state index is 14.3. The van der Waals surface area contributed by atoms with Crippen LogP contribution >= 0.6 is 0 Å². The molecular weight excluding hydrogens is 451 g/mol. The van der Waals surface area contributed by atoms with Crippen molar-refractivity contribution in [3.05, 3.63) is 73.2 Å². The van der Waals surface area contributed by atoms with Crippen LogP contribution in [0.2, 0.25) is 0 Å². The molecule has 1 atom stereocenters. The third-order valence-electron chi connectivity index (χ3n) is 5.41. The lowest BCUT2D eigenvalue weighted by molar-refractivity contribution is -0.111. The number of rotatable bonds is 10. The Labute approximate surface area is 202 Å². The number of anilines is 5. The molecule has 3 aromatic rings. The van der Waals surface area contributed by atoms with Gasteiger partial charge in [-0.2, -0.15) is 4.98 Å². The van der Waals surface area contributed by atoms with Gasteiger partial charge in [0, 0.05) is 30.2 Å². The molecule has 182 valence electrons. The van der Waals surface area contributed by atoms with Crippen molar-refractivity contribution in [3.63, 3.8) is 0 Å². The summed E-state index contributed by atoms with van der Waals surface area (Å²) in [7, 11) is 0. The van der Waals surface area contributed by atoms with Crippen LogP contribution < -0.4 is 20.7 Å². The van der Waals surface area contributed by atoms with Crippen LogP contribution in [-0.2, 0) is 4.79 Å². The molecule has 2 aromatic carbocycles. The van der Waals surface area contributed by atoms with E-state index in [0.717, 1.165) is 25.6 Å². The van der Waals surface area contributed by atoms with Crippen LogP contribution in [0.4, 0.5) is 33.2 Å². The number of hydrogen-bond acceptors (Lipinski definition) is 8.